The molecule has 1 atom stereocenters. The molecule has 1 aliphatic carbocycles. The first-order valence-electron chi connectivity index (χ1n) is 9.14. The van der Waals surface area contributed by atoms with Crippen LogP contribution in [0.25, 0.3) is 0 Å². The van der Waals surface area contributed by atoms with Crippen molar-refractivity contribution in [1.82, 2.24) is 4.90 Å². The lowest BCUT2D eigenvalue weighted by Crippen LogP contribution is -2.36. The highest BCUT2D eigenvalue weighted by Crippen LogP contribution is 2.30. The van der Waals surface area contributed by atoms with Gasteiger partial charge in [-0.15, -0.1) is 0 Å². The molecule has 134 valence electrons. The van der Waals surface area contributed by atoms with Crippen LogP contribution in [-0.2, 0) is 4.74 Å². The van der Waals surface area contributed by atoms with Crippen molar-refractivity contribution in [1.29, 1.82) is 0 Å². The summed E-state index contributed by atoms with van der Waals surface area (Å²) < 4.78 is 5.49. The number of benzene rings is 1. The Bertz CT molecular complexity index is 634. The molecule has 1 unspecified atom stereocenters. The molecule has 2 aliphatic rings. The first kappa shape index (κ1) is 17.7. The molecule has 1 fully saturated rings. The zero-order chi connectivity index (χ0) is 17.5. The maximum atomic E-state index is 11.2. The zero-order valence-electron chi connectivity index (χ0n) is 14.6. The number of allylic oxidation sites excluding steroid dienone is 2. The molecule has 1 aromatic rings. The van der Waals surface area contributed by atoms with Gasteiger partial charge in [0.15, 0.2) is 0 Å². The summed E-state index contributed by atoms with van der Waals surface area (Å²) in [4.78, 5) is 13.4. The van der Waals surface area contributed by atoms with Crippen molar-refractivity contribution in [2.45, 2.75) is 31.6 Å². The third-order valence-electron chi connectivity index (χ3n) is 4.90. The third kappa shape index (κ3) is 4.92. The van der Waals surface area contributed by atoms with E-state index in [1.165, 1.54) is 24.1 Å². The van der Waals surface area contributed by atoms with Gasteiger partial charge < -0.3 is 9.64 Å². The minimum Gasteiger partial charge on any atom is -0.378 e. The van der Waals surface area contributed by atoms with Crippen LogP contribution in [0.4, 0.5) is 0 Å². The molecule has 0 N–H and O–H groups in total. The fourth-order valence-electron chi connectivity index (χ4n) is 3.60. The Morgan fingerprint density at radius 1 is 1.24 bits per heavy atom. The first-order valence-corrected chi connectivity index (χ1v) is 9.14. The predicted octanol–water partition coefficient (Wildman–Crippen LogP) is 3.76. The van der Waals surface area contributed by atoms with E-state index in [1.807, 2.05) is 30.3 Å². The maximum absolute atomic E-state index is 11.2. The standard InChI is InChI=1S/C20H26N2O3/c23-22(24)16-19(17-7-3-1-4-8-17)15-20(18-9-5-2-6-10-18)21-11-13-25-14-12-21/h1,3-4,7-9,15,19H,2,5-6,10-14,16H2/b20-15-. The van der Waals surface area contributed by atoms with E-state index in [0.717, 1.165) is 44.7 Å². The van der Waals surface area contributed by atoms with E-state index in [1.54, 1.807) is 0 Å². The Morgan fingerprint density at radius 2 is 2.00 bits per heavy atom. The van der Waals surface area contributed by atoms with Crippen LogP contribution in [0.15, 0.2) is 53.8 Å². The van der Waals surface area contributed by atoms with Crippen LogP contribution in [0, 0.1) is 10.1 Å². The fourth-order valence-corrected chi connectivity index (χ4v) is 3.60. The molecular weight excluding hydrogens is 316 g/mol. The Balaban J connectivity index is 1.95. The van der Waals surface area contributed by atoms with Crippen LogP contribution in [0.5, 0.6) is 0 Å². The lowest BCUT2D eigenvalue weighted by molar-refractivity contribution is -0.481. The van der Waals surface area contributed by atoms with Crippen molar-refractivity contribution in [2.24, 2.45) is 0 Å². The van der Waals surface area contributed by atoms with Crippen LogP contribution in [-0.4, -0.2) is 42.7 Å². The van der Waals surface area contributed by atoms with E-state index in [0.29, 0.717) is 0 Å². The second-order valence-corrected chi connectivity index (χ2v) is 6.66. The number of morpholine rings is 1. The van der Waals surface area contributed by atoms with Crippen LogP contribution >= 0.6 is 0 Å². The number of ether oxygens (including phenoxy) is 1. The summed E-state index contributed by atoms with van der Waals surface area (Å²) in [6.07, 6.45) is 9.03. The van der Waals surface area contributed by atoms with E-state index in [2.05, 4.69) is 17.1 Å². The topological polar surface area (TPSA) is 55.6 Å². The molecule has 5 heteroatoms. The van der Waals surface area contributed by atoms with Crippen molar-refractivity contribution in [3.05, 3.63) is 69.4 Å². The second kappa shape index (κ2) is 8.81. The van der Waals surface area contributed by atoms with E-state index in [4.69, 9.17) is 4.74 Å². The van der Waals surface area contributed by atoms with Crippen LogP contribution < -0.4 is 0 Å². The van der Waals surface area contributed by atoms with Crippen LogP contribution in [0.1, 0.15) is 37.2 Å². The Labute approximate surface area is 149 Å². The molecule has 1 heterocycles. The average molecular weight is 342 g/mol. The van der Waals surface area contributed by atoms with Crippen molar-refractivity contribution in [3.8, 4) is 0 Å². The molecular formula is C20H26N2O3. The Morgan fingerprint density at radius 3 is 2.64 bits per heavy atom. The molecule has 0 spiro atoms. The van der Waals surface area contributed by atoms with E-state index >= 15 is 0 Å². The first-order chi connectivity index (χ1) is 12.2. The van der Waals surface area contributed by atoms with Gasteiger partial charge in [0.1, 0.15) is 0 Å². The number of hydrogen-bond donors (Lipinski definition) is 0. The summed E-state index contributed by atoms with van der Waals surface area (Å²) in [7, 11) is 0. The van der Waals surface area contributed by atoms with Gasteiger partial charge in [0.2, 0.25) is 6.54 Å². The SMILES string of the molecule is O=[N+]([O-])CC(/C=C(/C1=CCCCC1)N1CCOCC1)c1ccccc1. The van der Waals surface area contributed by atoms with Gasteiger partial charge in [0.05, 0.1) is 19.1 Å². The summed E-state index contributed by atoms with van der Waals surface area (Å²) in [5.74, 6) is -0.211. The summed E-state index contributed by atoms with van der Waals surface area (Å²) >= 11 is 0. The van der Waals surface area contributed by atoms with Gasteiger partial charge in [-0.3, -0.25) is 10.1 Å². The summed E-state index contributed by atoms with van der Waals surface area (Å²) in [5, 5.41) is 11.2. The second-order valence-electron chi connectivity index (χ2n) is 6.66. The maximum Gasteiger partial charge on any atom is 0.214 e. The van der Waals surface area contributed by atoms with Crippen LogP contribution in [0.2, 0.25) is 0 Å². The van der Waals surface area contributed by atoms with Gasteiger partial charge >= 0.3 is 0 Å². The number of rotatable bonds is 6. The quantitative estimate of drug-likeness (QED) is 0.583. The highest BCUT2D eigenvalue weighted by Gasteiger charge is 2.23. The molecule has 1 aliphatic heterocycles. The molecule has 3 rings (SSSR count). The number of hydrogen-bond acceptors (Lipinski definition) is 4. The predicted molar refractivity (Wildman–Crippen MR) is 98.1 cm³/mol. The lowest BCUT2D eigenvalue weighted by Gasteiger charge is -2.34. The van der Waals surface area contributed by atoms with Crippen LogP contribution in [0.3, 0.4) is 0 Å². The minimum atomic E-state index is -0.211. The molecule has 1 saturated heterocycles. The molecule has 5 nitrogen and oxygen atoms in total. The highest BCUT2D eigenvalue weighted by molar-refractivity contribution is 5.35. The van der Waals surface area contributed by atoms with Crippen molar-refractivity contribution in [2.75, 3.05) is 32.8 Å². The summed E-state index contributed by atoms with van der Waals surface area (Å²) in [6, 6.07) is 9.81. The smallest absolute Gasteiger partial charge is 0.214 e. The van der Waals surface area contributed by atoms with Gasteiger partial charge in [0, 0.05) is 23.7 Å². The number of nitrogens with zero attached hydrogens (tertiary/aromatic N) is 2. The Hall–Kier alpha value is -2.14. The lowest BCUT2D eigenvalue weighted by atomic mass is 9.91. The van der Waals surface area contributed by atoms with Crippen molar-refractivity contribution < 1.29 is 9.66 Å². The average Bonchev–Trinajstić information content (AvgIpc) is 2.67. The van der Waals surface area contributed by atoms with Gasteiger partial charge in [-0.2, -0.15) is 0 Å². The molecule has 25 heavy (non-hydrogen) atoms. The molecule has 0 amide bonds. The summed E-state index contributed by atoms with van der Waals surface area (Å²) in [5.41, 5.74) is 3.53. The van der Waals surface area contributed by atoms with E-state index < -0.39 is 0 Å². The van der Waals surface area contributed by atoms with Crippen molar-refractivity contribution in [3.63, 3.8) is 0 Å². The van der Waals surface area contributed by atoms with Gasteiger partial charge in [0.25, 0.3) is 0 Å². The van der Waals surface area contributed by atoms with Crippen molar-refractivity contribution >= 4 is 0 Å². The van der Waals surface area contributed by atoms with E-state index in [9.17, 15) is 10.1 Å². The largest absolute Gasteiger partial charge is 0.378 e. The fraction of sp³-hybridized carbons (Fsp3) is 0.500. The summed E-state index contributed by atoms with van der Waals surface area (Å²) in [6.45, 7) is 3.06. The van der Waals surface area contributed by atoms with Gasteiger partial charge in [-0.25, -0.2) is 0 Å². The van der Waals surface area contributed by atoms with E-state index in [-0.39, 0.29) is 17.4 Å². The highest BCUT2D eigenvalue weighted by atomic mass is 16.6. The normalized spacial score (nSPS) is 20.1. The molecule has 0 saturated carbocycles. The molecule has 0 bridgehead atoms. The molecule has 0 radical (unpaired) electrons. The zero-order valence-corrected chi connectivity index (χ0v) is 14.6. The molecule has 0 aromatic heterocycles. The van der Waals surface area contributed by atoms with Gasteiger partial charge in [-0.05, 0) is 42.9 Å². The third-order valence-corrected chi connectivity index (χ3v) is 4.90. The monoisotopic (exact) mass is 342 g/mol. The molecule has 1 aromatic carbocycles. The number of nitro groups is 1. The Kier molecular flexibility index (Phi) is 6.23. The van der Waals surface area contributed by atoms with Gasteiger partial charge in [-0.1, -0.05) is 36.4 Å². The minimum absolute atomic E-state index is 0.0782.